The Bertz CT molecular complexity index is 832. The summed E-state index contributed by atoms with van der Waals surface area (Å²) < 4.78 is 0. The summed E-state index contributed by atoms with van der Waals surface area (Å²) >= 11 is 0. The van der Waals surface area contributed by atoms with E-state index >= 15 is 0 Å². The molecule has 2 aromatic heterocycles. The molecule has 8 heteroatoms. The third-order valence-corrected chi connectivity index (χ3v) is 3.38. The predicted molar refractivity (Wildman–Crippen MR) is 98.1 cm³/mol. The van der Waals surface area contributed by atoms with E-state index in [4.69, 9.17) is 0 Å². The molecule has 0 fully saturated rings. The third-order valence-electron chi connectivity index (χ3n) is 3.38. The van der Waals surface area contributed by atoms with Crippen LogP contribution in [0, 0.1) is 0 Å². The zero-order valence-electron chi connectivity index (χ0n) is 13.6. The fourth-order valence-corrected chi connectivity index (χ4v) is 2.06. The van der Waals surface area contributed by atoms with Crippen molar-refractivity contribution in [3.05, 3.63) is 83.4 Å². The van der Waals surface area contributed by atoms with Gasteiger partial charge in [-0.3, -0.25) is 9.59 Å². The third kappa shape index (κ3) is 4.54. The van der Waals surface area contributed by atoms with Gasteiger partial charge < -0.3 is 9.97 Å². The number of hydrazone groups is 2. The molecule has 0 aliphatic rings. The Labute approximate surface area is 149 Å². The molecule has 2 heterocycles. The zero-order chi connectivity index (χ0) is 18.2. The van der Waals surface area contributed by atoms with Crippen LogP contribution in [0.15, 0.2) is 71.1 Å². The molecule has 0 aliphatic heterocycles. The lowest BCUT2D eigenvalue weighted by atomic mass is 10.2. The van der Waals surface area contributed by atoms with Crippen molar-refractivity contribution in [2.24, 2.45) is 10.2 Å². The lowest BCUT2D eigenvalue weighted by Gasteiger charge is -1.98. The van der Waals surface area contributed by atoms with E-state index in [-0.39, 0.29) is 11.8 Å². The van der Waals surface area contributed by atoms with Gasteiger partial charge in [-0.15, -0.1) is 0 Å². The van der Waals surface area contributed by atoms with Gasteiger partial charge in [-0.05, 0) is 35.4 Å². The molecule has 3 aromatic rings. The minimum atomic E-state index is -0.312. The quantitative estimate of drug-likeness (QED) is 0.402. The number of benzene rings is 1. The fraction of sp³-hybridized carbons (Fsp3) is 0. The molecular weight excluding hydrogens is 332 g/mol. The lowest BCUT2D eigenvalue weighted by molar-refractivity contribution is 0.0943. The Hall–Kier alpha value is -3.94. The number of amides is 2. The molecule has 0 atom stereocenters. The number of hydrogen-bond donors (Lipinski definition) is 4. The summed E-state index contributed by atoms with van der Waals surface area (Å²) in [5.41, 5.74) is 7.36. The summed E-state index contributed by atoms with van der Waals surface area (Å²) in [5, 5.41) is 7.80. The van der Waals surface area contributed by atoms with E-state index in [9.17, 15) is 9.59 Å². The second-order valence-electron chi connectivity index (χ2n) is 5.23. The van der Waals surface area contributed by atoms with Gasteiger partial charge in [-0.1, -0.05) is 24.3 Å². The lowest BCUT2D eigenvalue weighted by Crippen LogP contribution is -2.18. The van der Waals surface area contributed by atoms with E-state index in [0.29, 0.717) is 11.4 Å². The van der Waals surface area contributed by atoms with Crippen LogP contribution >= 0.6 is 0 Å². The Morgan fingerprint density at radius 1 is 0.731 bits per heavy atom. The molecule has 0 radical (unpaired) electrons. The summed E-state index contributed by atoms with van der Waals surface area (Å²) in [7, 11) is 0. The number of nitrogens with zero attached hydrogens (tertiary/aromatic N) is 2. The number of H-pyrrole nitrogens is 2. The van der Waals surface area contributed by atoms with Crippen molar-refractivity contribution in [2.75, 3.05) is 0 Å². The van der Waals surface area contributed by atoms with E-state index in [2.05, 4.69) is 31.0 Å². The van der Waals surface area contributed by atoms with Crippen molar-refractivity contribution in [2.45, 2.75) is 0 Å². The number of nitrogens with one attached hydrogen (secondary N) is 4. The van der Waals surface area contributed by atoms with Crippen LogP contribution in [-0.4, -0.2) is 34.2 Å². The number of carbonyl (C=O) groups excluding carboxylic acids is 2. The minimum Gasteiger partial charge on any atom is -0.357 e. The largest absolute Gasteiger partial charge is 0.357 e. The van der Waals surface area contributed by atoms with E-state index in [1.54, 1.807) is 36.7 Å². The Morgan fingerprint density at radius 3 is 1.50 bits per heavy atom. The van der Waals surface area contributed by atoms with E-state index in [0.717, 1.165) is 11.1 Å². The normalized spacial score (nSPS) is 11.1. The number of hydrogen-bond acceptors (Lipinski definition) is 4. The number of carbonyl (C=O) groups is 2. The second kappa shape index (κ2) is 8.25. The fourth-order valence-electron chi connectivity index (χ4n) is 2.06. The number of aromatic amines is 2. The number of rotatable bonds is 6. The van der Waals surface area contributed by atoms with Gasteiger partial charge in [-0.2, -0.15) is 10.2 Å². The summed E-state index contributed by atoms with van der Waals surface area (Å²) in [6, 6.07) is 14.1. The molecule has 2 amide bonds. The highest BCUT2D eigenvalue weighted by Gasteiger charge is 2.03. The highest BCUT2D eigenvalue weighted by molar-refractivity contribution is 5.94. The summed E-state index contributed by atoms with van der Waals surface area (Å²) in [4.78, 5) is 29.0. The van der Waals surface area contributed by atoms with Crippen molar-refractivity contribution < 1.29 is 9.59 Å². The van der Waals surface area contributed by atoms with Gasteiger partial charge >= 0.3 is 0 Å². The summed E-state index contributed by atoms with van der Waals surface area (Å²) in [6.45, 7) is 0. The van der Waals surface area contributed by atoms with Crippen LogP contribution < -0.4 is 10.9 Å². The van der Waals surface area contributed by atoms with Gasteiger partial charge in [0.2, 0.25) is 0 Å². The van der Waals surface area contributed by atoms with E-state index < -0.39 is 0 Å². The molecule has 1 aromatic carbocycles. The van der Waals surface area contributed by atoms with Crippen LogP contribution in [0.2, 0.25) is 0 Å². The second-order valence-corrected chi connectivity index (χ2v) is 5.23. The predicted octanol–water partition coefficient (Wildman–Crippen LogP) is 1.87. The SMILES string of the molecule is O=C(N/N=C\c1ccc(/C=N\NC(=O)c2ccc[nH]2)cc1)c1ccc[nH]1. The minimum absolute atomic E-state index is 0.312. The first-order valence-electron chi connectivity index (χ1n) is 7.76. The van der Waals surface area contributed by atoms with E-state index in [1.807, 2.05) is 24.3 Å². The molecule has 4 N–H and O–H groups in total. The zero-order valence-corrected chi connectivity index (χ0v) is 13.6. The smallest absolute Gasteiger partial charge is 0.287 e. The maximum absolute atomic E-state index is 11.7. The molecule has 3 rings (SSSR count). The van der Waals surface area contributed by atoms with Crippen molar-refractivity contribution in [1.29, 1.82) is 0 Å². The first-order chi connectivity index (χ1) is 12.7. The molecule has 0 saturated carbocycles. The molecule has 130 valence electrons. The van der Waals surface area contributed by atoms with Gasteiger partial charge in [0.05, 0.1) is 12.4 Å². The Kier molecular flexibility index (Phi) is 5.36. The molecule has 26 heavy (non-hydrogen) atoms. The molecule has 0 unspecified atom stereocenters. The molecule has 8 nitrogen and oxygen atoms in total. The van der Waals surface area contributed by atoms with Gasteiger partial charge in [0, 0.05) is 12.4 Å². The van der Waals surface area contributed by atoms with Crippen LogP contribution in [-0.2, 0) is 0 Å². The van der Waals surface area contributed by atoms with Crippen LogP contribution in [0.5, 0.6) is 0 Å². The van der Waals surface area contributed by atoms with E-state index in [1.165, 1.54) is 12.4 Å². The molecule has 0 bridgehead atoms. The van der Waals surface area contributed by atoms with Gasteiger partial charge in [0.1, 0.15) is 11.4 Å². The highest BCUT2D eigenvalue weighted by atomic mass is 16.2. The van der Waals surface area contributed by atoms with Crippen molar-refractivity contribution in [1.82, 2.24) is 20.8 Å². The van der Waals surface area contributed by atoms with Crippen molar-refractivity contribution >= 4 is 24.2 Å². The standard InChI is InChI=1S/C18H16N6O2/c25-17(15-3-1-9-19-15)23-21-11-13-5-7-14(8-6-13)12-22-24-18(26)16-4-2-10-20-16/h1-12,19-20H,(H,23,25)(H,24,26)/b21-11-,22-12-. The summed E-state index contributed by atoms with van der Waals surface area (Å²) in [6.07, 6.45) is 6.41. The topological polar surface area (TPSA) is 114 Å². The van der Waals surface area contributed by atoms with Crippen LogP contribution in [0.1, 0.15) is 32.1 Å². The van der Waals surface area contributed by atoms with Crippen LogP contribution in [0.25, 0.3) is 0 Å². The maximum atomic E-state index is 11.7. The molecular formula is C18H16N6O2. The van der Waals surface area contributed by atoms with Crippen LogP contribution in [0.4, 0.5) is 0 Å². The number of aromatic nitrogens is 2. The first-order valence-corrected chi connectivity index (χ1v) is 7.76. The Morgan fingerprint density at radius 2 is 1.15 bits per heavy atom. The average molecular weight is 348 g/mol. The van der Waals surface area contributed by atoms with Gasteiger partial charge in [0.15, 0.2) is 0 Å². The molecule has 0 aliphatic carbocycles. The van der Waals surface area contributed by atoms with Crippen LogP contribution in [0.3, 0.4) is 0 Å². The van der Waals surface area contributed by atoms with Crippen molar-refractivity contribution in [3.63, 3.8) is 0 Å². The average Bonchev–Trinajstić information content (AvgIpc) is 3.37. The Balaban J connectivity index is 1.50. The maximum Gasteiger partial charge on any atom is 0.287 e. The van der Waals surface area contributed by atoms with Gasteiger partial charge in [0.25, 0.3) is 11.8 Å². The monoisotopic (exact) mass is 348 g/mol. The molecule has 0 saturated heterocycles. The van der Waals surface area contributed by atoms with Gasteiger partial charge in [-0.25, -0.2) is 10.9 Å². The molecule has 0 spiro atoms. The summed E-state index contributed by atoms with van der Waals surface area (Å²) in [5.74, 6) is -0.624. The first kappa shape index (κ1) is 16.9. The highest BCUT2D eigenvalue weighted by Crippen LogP contribution is 2.00. The van der Waals surface area contributed by atoms with Crippen molar-refractivity contribution in [3.8, 4) is 0 Å².